The van der Waals surface area contributed by atoms with Crippen molar-refractivity contribution in [2.45, 2.75) is 51.4 Å². The van der Waals surface area contributed by atoms with E-state index in [0.29, 0.717) is 17.4 Å². The molecule has 32 heavy (non-hydrogen) atoms. The zero-order valence-corrected chi connectivity index (χ0v) is 20.1. The average molecular weight is 482 g/mol. The maximum Gasteiger partial charge on any atom is 0.338 e. The van der Waals surface area contributed by atoms with Crippen LogP contribution in [0.4, 0.5) is 5.13 Å². The normalized spacial score (nSPS) is 19.5. The molecule has 0 N–H and O–H groups in total. The fourth-order valence-electron chi connectivity index (χ4n) is 3.44. The van der Waals surface area contributed by atoms with Crippen molar-refractivity contribution in [3.8, 4) is 0 Å². The fourth-order valence-corrected chi connectivity index (χ4v) is 5.95. The minimum Gasteiger partial charge on any atom is -0.456 e. The van der Waals surface area contributed by atoms with Gasteiger partial charge in [-0.05, 0) is 45.0 Å². The van der Waals surface area contributed by atoms with Crippen molar-refractivity contribution in [2.24, 2.45) is 0 Å². The standard InChI is InChI=1S/C21H27N3O6S2/c1-5-24(16(4)25)21-22-18(13-31-21)12-29-20(26)17-6-8-19(9-7-17)32(27,28)23-10-14(2)30-15(3)11-23/h6-9,13-15H,5,10-12H2,1-4H3. The Morgan fingerprint density at radius 3 is 2.41 bits per heavy atom. The third kappa shape index (κ3) is 5.52. The molecule has 2 atom stereocenters. The number of anilines is 1. The van der Waals surface area contributed by atoms with Crippen LogP contribution in [0.15, 0.2) is 34.5 Å². The minimum absolute atomic E-state index is 0.0472. The van der Waals surface area contributed by atoms with Crippen molar-refractivity contribution in [1.29, 1.82) is 0 Å². The molecule has 1 aromatic heterocycles. The first-order valence-corrected chi connectivity index (χ1v) is 12.6. The van der Waals surface area contributed by atoms with Crippen LogP contribution >= 0.6 is 11.3 Å². The minimum atomic E-state index is -3.68. The van der Waals surface area contributed by atoms with Gasteiger partial charge in [0.1, 0.15) is 6.61 Å². The smallest absolute Gasteiger partial charge is 0.338 e. The van der Waals surface area contributed by atoms with Gasteiger partial charge < -0.3 is 9.47 Å². The van der Waals surface area contributed by atoms with E-state index in [1.54, 1.807) is 5.38 Å². The number of nitrogens with zero attached hydrogens (tertiary/aromatic N) is 3. The highest BCUT2D eigenvalue weighted by atomic mass is 32.2. The van der Waals surface area contributed by atoms with E-state index in [2.05, 4.69) is 4.98 Å². The number of morpholine rings is 1. The largest absolute Gasteiger partial charge is 0.456 e. The Balaban J connectivity index is 1.63. The molecule has 1 aliphatic heterocycles. The SMILES string of the molecule is CCN(C(C)=O)c1nc(COC(=O)c2ccc(S(=O)(=O)N3CC(C)OC(C)C3)cc2)cs1. The lowest BCUT2D eigenvalue weighted by Gasteiger charge is -2.34. The number of carbonyl (C=O) groups excluding carboxylic acids is 2. The van der Waals surface area contributed by atoms with Crippen LogP contribution in [-0.4, -0.2) is 61.4 Å². The van der Waals surface area contributed by atoms with Crippen molar-refractivity contribution in [2.75, 3.05) is 24.5 Å². The molecule has 9 nitrogen and oxygen atoms in total. The van der Waals surface area contributed by atoms with Gasteiger partial charge in [0, 0.05) is 31.9 Å². The molecule has 3 rings (SSSR count). The number of esters is 1. The summed E-state index contributed by atoms with van der Waals surface area (Å²) in [7, 11) is -3.68. The topological polar surface area (TPSA) is 106 Å². The molecule has 0 spiro atoms. The molecule has 2 heterocycles. The number of aromatic nitrogens is 1. The lowest BCUT2D eigenvalue weighted by molar-refractivity contribution is -0.116. The Bertz CT molecular complexity index is 1060. The Hall–Kier alpha value is -2.34. The van der Waals surface area contributed by atoms with Gasteiger partial charge in [0.05, 0.1) is 28.4 Å². The summed E-state index contributed by atoms with van der Waals surface area (Å²) in [6, 6.07) is 5.68. The molecule has 0 aliphatic carbocycles. The van der Waals surface area contributed by atoms with Gasteiger partial charge in [-0.25, -0.2) is 18.2 Å². The predicted octanol–water partition coefficient (Wildman–Crippen LogP) is 2.67. The molecule has 11 heteroatoms. The van der Waals surface area contributed by atoms with Crippen molar-refractivity contribution < 1.29 is 27.5 Å². The van der Waals surface area contributed by atoms with E-state index in [0.717, 1.165) is 0 Å². The quantitative estimate of drug-likeness (QED) is 0.560. The Morgan fingerprint density at radius 1 is 1.22 bits per heavy atom. The summed E-state index contributed by atoms with van der Waals surface area (Å²) in [5.74, 6) is -0.697. The van der Waals surface area contributed by atoms with Gasteiger partial charge in [0.15, 0.2) is 5.13 Å². The van der Waals surface area contributed by atoms with Crippen LogP contribution in [0.25, 0.3) is 0 Å². The number of sulfonamides is 1. The van der Waals surface area contributed by atoms with Crippen LogP contribution < -0.4 is 4.90 Å². The zero-order valence-electron chi connectivity index (χ0n) is 18.5. The van der Waals surface area contributed by atoms with Gasteiger partial charge in [-0.2, -0.15) is 4.31 Å². The van der Waals surface area contributed by atoms with E-state index in [-0.39, 0.29) is 48.3 Å². The van der Waals surface area contributed by atoms with Gasteiger partial charge in [-0.15, -0.1) is 11.3 Å². The number of hydrogen-bond donors (Lipinski definition) is 0. The summed E-state index contributed by atoms with van der Waals surface area (Å²) in [5.41, 5.74) is 0.773. The highest BCUT2D eigenvalue weighted by molar-refractivity contribution is 7.89. The summed E-state index contributed by atoms with van der Waals surface area (Å²) < 4.78 is 38.1. The summed E-state index contributed by atoms with van der Waals surface area (Å²) >= 11 is 1.30. The highest BCUT2D eigenvalue weighted by Crippen LogP contribution is 2.23. The molecule has 2 unspecified atom stereocenters. The summed E-state index contributed by atoms with van der Waals surface area (Å²) in [6.07, 6.45) is -0.372. The second-order valence-electron chi connectivity index (χ2n) is 7.56. The van der Waals surface area contributed by atoms with Crippen LogP contribution in [0.3, 0.4) is 0 Å². The van der Waals surface area contributed by atoms with Crippen LogP contribution in [-0.2, 0) is 30.9 Å². The molecule has 2 aromatic rings. The van der Waals surface area contributed by atoms with E-state index in [1.165, 1.54) is 51.7 Å². The molecule has 0 radical (unpaired) electrons. The molecule has 0 bridgehead atoms. The number of rotatable bonds is 7. The summed E-state index contributed by atoms with van der Waals surface area (Å²) in [6.45, 7) is 8.01. The van der Waals surface area contributed by atoms with Gasteiger partial charge in [-0.3, -0.25) is 9.69 Å². The fraction of sp³-hybridized carbons (Fsp3) is 0.476. The average Bonchev–Trinajstić information content (AvgIpc) is 3.20. The third-order valence-corrected chi connectivity index (χ3v) is 7.69. The molecule has 174 valence electrons. The monoisotopic (exact) mass is 481 g/mol. The molecule has 0 saturated carbocycles. The molecule has 1 aromatic carbocycles. The van der Waals surface area contributed by atoms with Crippen molar-refractivity contribution in [3.05, 3.63) is 40.9 Å². The van der Waals surface area contributed by atoms with Gasteiger partial charge in [0.25, 0.3) is 0 Å². The first kappa shape index (κ1) is 24.3. The van der Waals surface area contributed by atoms with E-state index in [4.69, 9.17) is 9.47 Å². The first-order chi connectivity index (χ1) is 15.1. The van der Waals surface area contributed by atoms with E-state index in [9.17, 15) is 18.0 Å². The zero-order chi connectivity index (χ0) is 23.5. The summed E-state index contributed by atoms with van der Waals surface area (Å²) in [4.78, 5) is 30.0. The lowest BCUT2D eigenvalue weighted by atomic mass is 10.2. The number of hydrogen-bond acceptors (Lipinski definition) is 8. The Kier molecular flexibility index (Phi) is 7.65. The number of benzene rings is 1. The molecular formula is C21H27N3O6S2. The van der Waals surface area contributed by atoms with Crippen LogP contribution in [0.2, 0.25) is 0 Å². The number of amides is 1. The lowest BCUT2D eigenvalue weighted by Crippen LogP contribution is -2.48. The molecule has 1 fully saturated rings. The van der Waals surface area contributed by atoms with E-state index in [1.807, 2.05) is 20.8 Å². The predicted molar refractivity (Wildman–Crippen MR) is 120 cm³/mol. The van der Waals surface area contributed by atoms with Crippen molar-refractivity contribution in [3.63, 3.8) is 0 Å². The maximum absolute atomic E-state index is 12.9. The molecule has 1 saturated heterocycles. The molecular weight excluding hydrogens is 454 g/mol. The van der Waals surface area contributed by atoms with E-state index < -0.39 is 16.0 Å². The van der Waals surface area contributed by atoms with Gasteiger partial charge >= 0.3 is 5.97 Å². The second-order valence-corrected chi connectivity index (χ2v) is 10.3. The first-order valence-electron chi connectivity index (χ1n) is 10.3. The van der Waals surface area contributed by atoms with E-state index >= 15 is 0 Å². The number of ether oxygens (including phenoxy) is 2. The molecule has 1 amide bonds. The Morgan fingerprint density at radius 2 is 1.84 bits per heavy atom. The van der Waals surface area contributed by atoms with Crippen LogP contribution in [0.5, 0.6) is 0 Å². The van der Waals surface area contributed by atoms with Crippen LogP contribution in [0, 0.1) is 0 Å². The van der Waals surface area contributed by atoms with Crippen molar-refractivity contribution in [1.82, 2.24) is 9.29 Å². The molecule has 1 aliphatic rings. The number of carbonyl (C=O) groups is 2. The second kappa shape index (κ2) is 10.1. The third-order valence-electron chi connectivity index (χ3n) is 4.93. The maximum atomic E-state index is 12.9. The van der Waals surface area contributed by atoms with Crippen LogP contribution in [0.1, 0.15) is 43.7 Å². The van der Waals surface area contributed by atoms with Gasteiger partial charge in [-0.1, -0.05) is 0 Å². The van der Waals surface area contributed by atoms with Gasteiger partial charge in [0.2, 0.25) is 15.9 Å². The summed E-state index contributed by atoms with van der Waals surface area (Å²) in [5, 5.41) is 2.28. The Labute approximate surface area is 192 Å². The highest BCUT2D eigenvalue weighted by Gasteiger charge is 2.32. The number of thiazole rings is 1. The van der Waals surface area contributed by atoms with Crippen molar-refractivity contribution >= 4 is 38.4 Å².